The van der Waals surface area contributed by atoms with E-state index in [2.05, 4.69) is 33.4 Å². The second-order valence-corrected chi connectivity index (χ2v) is 4.11. The number of nitrogens with one attached hydrogen (secondary N) is 1. The summed E-state index contributed by atoms with van der Waals surface area (Å²) in [4.78, 5) is 0. The molecule has 0 aliphatic carbocycles. The van der Waals surface area contributed by atoms with E-state index in [4.69, 9.17) is 11.6 Å². The Balaban J connectivity index is 2.25. The van der Waals surface area contributed by atoms with Gasteiger partial charge in [-0.05, 0) is 17.7 Å². The number of halogens is 2. The lowest BCUT2D eigenvalue weighted by Gasteiger charge is -2.01. The molecule has 0 unspecified atom stereocenters. The van der Waals surface area contributed by atoms with Crippen molar-refractivity contribution in [3.05, 3.63) is 46.5 Å². The number of allylic oxidation sites excluding steroid dienone is 1. The Morgan fingerprint density at radius 3 is 2.57 bits per heavy atom. The molecule has 0 radical (unpaired) electrons. The first-order valence-electron chi connectivity index (χ1n) is 4.49. The van der Waals surface area contributed by atoms with Gasteiger partial charge in [-0.1, -0.05) is 40.2 Å². The second kappa shape index (κ2) is 7.04. The third kappa shape index (κ3) is 4.80. The van der Waals surface area contributed by atoms with Gasteiger partial charge in [0.1, 0.15) is 0 Å². The Morgan fingerprint density at radius 2 is 1.93 bits per heavy atom. The quantitative estimate of drug-likeness (QED) is 0.493. The number of hydrogen-bond donors (Lipinski definition) is 1. The van der Waals surface area contributed by atoms with Crippen LogP contribution in [0.3, 0.4) is 0 Å². The maximum atomic E-state index is 5.50. The Morgan fingerprint density at radius 1 is 1.21 bits per heavy atom. The van der Waals surface area contributed by atoms with Crippen molar-refractivity contribution in [3.8, 4) is 0 Å². The first-order chi connectivity index (χ1) is 6.83. The molecule has 1 aromatic carbocycles. The summed E-state index contributed by atoms with van der Waals surface area (Å²) in [6.45, 7) is 1.75. The minimum absolute atomic E-state index is 0.583. The van der Waals surface area contributed by atoms with Gasteiger partial charge >= 0.3 is 0 Å². The van der Waals surface area contributed by atoms with Crippen LogP contribution in [0.5, 0.6) is 0 Å². The molecule has 0 aliphatic rings. The van der Waals surface area contributed by atoms with Gasteiger partial charge in [-0.25, -0.2) is 0 Å². The van der Waals surface area contributed by atoms with Crippen LogP contribution in [0, 0.1) is 0 Å². The molecule has 1 aromatic rings. The van der Waals surface area contributed by atoms with Crippen LogP contribution >= 0.6 is 27.5 Å². The maximum Gasteiger partial charge on any atom is 0.0404 e. The molecule has 0 atom stereocenters. The van der Waals surface area contributed by atoms with E-state index in [0.29, 0.717) is 5.88 Å². The molecule has 0 bridgehead atoms. The third-order valence-corrected chi connectivity index (χ3v) is 2.47. The molecule has 76 valence electrons. The maximum absolute atomic E-state index is 5.50. The van der Waals surface area contributed by atoms with E-state index in [-0.39, 0.29) is 0 Å². The smallest absolute Gasteiger partial charge is 0.0404 e. The van der Waals surface area contributed by atoms with Crippen molar-refractivity contribution in [2.45, 2.75) is 6.54 Å². The van der Waals surface area contributed by atoms with Gasteiger partial charge in [0.05, 0.1) is 0 Å². The van der Waals surface area contributed by atoms with E-state index in [1.165, 1.54) is 5.56 Å². The molecule has 0 amide bonds. The highest BCUT2D eigenvalue weighted by molar-refractivity contribution is 9.10. The van der Waals surface area contributed by atoms with Gasteiger partial charge in [-0.2, -0.15) is 0 Å². The Kier molecular flexibility index (Phi) is 5.92. The summed E-state index contributed by atoms with van der Waals surface area (Å²) in [6, 6.07) is 8.29. The minimum Gasteiger partial charge on any atom is -0.309 e. The highest BCUT2D eigenvalue weighted by atomic mass is 79.9. The number of alkyl halides is 1. The molecular formula is C11H13BrClN. The molecule has 0 aliphatic heterocycles. The SMILES string of the molecule is ClC/C=C/CNCc1ccc(Br)cc1. The highest BCUT2D eigenvalue weighted by Gasteiger charge is 1.90. The first-order valence-corrected chi connectivity index (χ1v) is 5.82. The standard InChI is InChI=1S/C11H13BrClN/c12-11-5-3-10(4-6-11)9-14-8-2-1-7-13/h1-6,14H,7-9H2/b2-1+. The summed E-state index contributed by atoms with van der Waals surface area (Å²) in [7, 11) is 0. The Hall–Kier alpha value is -0.310. The lowest BCUT2D eigenvalue weighted by atomic mass is 10.2. The molecule has 1 N–H and O–H groups in total. The molecule has 0 saturated carbocycles. The van der Waals surface area contributed by atoms with Crippen molar-refractivity contribution in [2.75, 3.05) is 12.4 Å². The molecule has 3 heteroatoms. The van der Waals surface area contributed by atoms with Gasteiger partial charge < -0.3 is 5.32 Å². The molecule has 0 aromatic heterocycles. The van der Waals surface area contributed by atoms with Gasteiger partial charge in [0.25, 0.3) is 0 Å². The normalized spacial score (nSPS) is 11.0. The summed E-state index contributed by atoms with van der Waals surface area (Å²) < 4.78 is 1.11. The fourth-order valence-electron chi connectivity index (χ4n) is 1.05. The summed E-state index contributed by atoms with van der Waals surface area (Å²) in [5.74, 6) is 0.583. The van der Waals surface area contributed by atoms with Gasteiger partial charge in [-0.15, -0.1) is 11.6 Å². The first kappa shape index (κ1) is 11.8. The van der Waals surface area contributed by atoms with Gasteiger partial charge in [0.2, 0.25) is 0 Å². The van der Waals surface area contributed by atoms with Crippen molar-refractivity contribution in [1.29, 1.82) is 0 Å². The van der Waals surface area contributed by atoms with Crippen molar-refractivity contribution in [1.82, 2.24) is 5.32 Å². The molecule has 0 heterocycles. The van der Waals surface area contributed by atoms with Gasteiger partial charge in [0.15, 0.2) is 0 Å². The average Bonchev–Trinajstić information content (AvgIpc) is 2.21. The average molecular weight is 275 g/mol. The van der Waals surface area contributed by atoms with Crippen molar-refractivity contribution in [3.63, 3.8) is 0 Å². The van der Waals surface area contributed by atoms with Gasteiger partial charge in [-0.3, -0.25) is 0 Å². The van der Waals surface area contributed by atoms with E-state index < -0.39 is 0 Å². The summed E-state index contributed by atoms with van der Waals surface area (Å²) >= 11 is 8.90. The van der Waals surface area contributed by atoms with Gasteiger partial charge in [0, 0.05) is 23.4 Å². The third-order valence-electron chi connectivity index (χ3n) is 1.76. The minimum atomic E-state index is 0.583. The van der Waals surface area contributed by atoms with E-state index in [1.807, 2.05) is 24.3 Å². The Labute approximate surface area is 98.3 Å². The second-order valence-electron chi connectivity index (χ2n) is 2.88. The number of hydrogen-bond acceptors (Lipinski definition) is 1. The highest BCUT2D eigenvalue weighted by Crippen LogP contribution is 2.09. The van der Waals surface area contributed by atoms with Crippen LogP contribution in [0.15, 0.2) is 40.9 Å². The fraction of sp³-hybridized carbons (Fsp3) is 0.273. The lowest BCUT2D eigenvalue weighted by Crippen LogP contribution is -2.12. The van der Waals surface area contributed by atoms with Crippen molar-refractivity contribution < 1.29 is 0 Å². The van der Waals surface area contributed by atoms with E-state index in [9.17, 15) is 0 Å². The zero-order chi connectivity index (χ0) is 10.2. The zero-order valence-corrected chi connectivity index (χ0v) is 10.2. The van der Waals surface area contributed by atoms with E-state index in [1.54, 1.807) is 0 Å². The van der Waals surface area contributed by atoms with Crippen molar-refractivity contribution in [2.24, 2.45) is 0 Å². The summed E-state index contributed by atoms with van der Waals surface area (Å²) in [6.07, 6.45) is 3.97. The molecule has 1 nitrogen and oxygen atoms in total. The van der Waals surface area contributed by atoms with Crippen LogP contribution < -0.4 is 5.32 Å². The van der Waals surface area contributed by atoms with Crippen LogP contribution in [0.2, 0.25) is 0 Å². The zero-order valence-electron chi connectivity index (χ0n) is 7.84. The summed E-state index contributed by atoms with van der Waals surface area (Å²) in [5, 5.41) is 3.30. The van der Waals surface area contributed by atoms with Crippen LogP contribution in [0.4, 0.5) is 0 Å². The van der Waals surface area contributed by atoms with Crippen LogP contribution in [-0.4, -0.2) is 12.4 Å². The van der Waals surface area contributed by atoms with Crippen LogP contribution in [0.25, 0.3) is 0 Å². The lowest BCUT2D eigenvalue weighted by molar-refractivity contribution is 0.759. The molecule has 0 fully saturated rings. The topological polar surface area (TPSA) is 12.0 Å². The fourth-order valence-corrected chi connectivity index (χ4v) is 1.44. The molecule has 1 rings (SSSR count). The van der Waals surface area contributed by atoms with E-state index >= 15 is 0 Å². The number of rotatable bonds is 5. The Bertz CT molecular complexity index is 282. The molecular weight excluding hydrogens is 261 g/mol. The molecule has 0 spiro atoms. The largest absolute Gasteiger partial charge is 0.309 e. The predicted octanol–water partition coefficient (Wildman–Crippen LogP) is 3.33. The monoisotopic (exact) mass is 273 g/mol. The summed E-state index contributed by atoms with van der Waals surface area (Å²) in [5.41, 5.74) is 1.28. The molecule has 0 saturated heterocycles. The number of benzene rings is 1. The van der Waals surface area contributed by atoms with Crippen LogP contribution in [-0.2, 0) is 6.54 Å². The predicted molar refractivity (Wildman–Crippen MR) is 65.7 cm³/mol. The van der Waals surface area contributed by atoms with E-state index in [0.717, 1.165) is 17.6 Å². The van der Waals surface area contributed by atoms with Crippen molar-refractivity contribution >= 4 is 27.5 Å². The molecule has 14 heavy (non-hydrogen) atoms. The van der Waals surface area contributed by atoms with Crippen LogP contribution in [0.1, 0.15) is 5.56 Å².